The lowest BCUT2D eigenvalue weighted by Gasteiger charge is -2.10. The number of rotatable bonds is 7. The second-order valence-electron chi connectivity index (χ2n) is 5.94. The van der Waals surface area contributed by atoms with E-state index >= 15 is 0 Å². The third-order valence-electron chi connectivity index (χ3n) is 4.01. The van der Waals surface area contributed by atoms with Gasteiger partial charge < -0.3 is 8.94 Å². The minimum absolute atomic E-state index is 0.0180. The molecule has 1 unspecified atom stereocenters. The van der Waals surface area contributed by atoms with Crippen molar-refractivity contribution in [1.82, 2.24) is 24.9 Å². The second-order valence-corrected chi connectivity index (χ2v) is 7.25. The quantitative estimate of drug-likeness (QED) is 0.605. The Hall–Kier alpha value is -2.09. The molecule has 4 rings (SSSR count). The Kier molecular flexibility index (Phi) is 4.13. The van der Waals surface area contributed by atoms with E-state index < -0.39 is 0 Å². The average molecular weight is 345 g/mol. The third kappa shape index (κ3) is 3.10. The Morgan fingerprint density at radius 2 is 2.25 bits per heavy atom. The van der Waals surface area contributed by atoms with Gasteiger partial charge in [-0.05, 0) is 31.9 Å². The van der Waals surface area contributed by atoms with Crippen molar-refractivity contribution >= 4 is 11.8 Å². The zero-order valence-electron chi connectivity index (χ0n) is 13.7. The van der Waals surface area contributed by atoms with E-state index in [1.165, 1.54) is 12.8 Å². The van der Waals surface area contributed by atoms with Crippen LogP contribution in [-0.2, 0) is 13.0 Å². The van der Waals surface area contributed by atoms with Crippen molar-refractivity contribution in [3.63, 3.8) is 0 Å². The highest BCUT2D eigenvalue weighted by molar-refractivity contribution is 7.99. The predicted molar refractivity (Wildman–Crippen MR) is 87.8 cm³/mol. The maximum absolute atomic E-state index is 5.50. The summed E-state index contributed by atoms with van der Waals surface area (Å²) in [7, 11) is 0. The molecule has 0 bridgehead atoms. The summed E-state index contributed by atoms with van der Waals surface area (Å²) >= 11 is 1.59. The molecule has 24 heavy (non-hydrogen) atoms. The van der Waals surface area contributed by atoms with Gasteiger partial charge in [0.15, 0.2) is 11.0 Å². The van der Waals surface area contributed by atoms with Gasteiger partial charge in [-0.15, -0.1) is 10.2 Å². The maximum Gasteiger partial charge on any atom is 0.239 e. The van der Waals surface area contributed by atoms with Crippen molar-refractivity contribution in [2.45, 2.75) is 56.0 Å². The van der Waals surface area contributed by atoms with Crippen molar-refractivity contribution < 1.29 is 8.94 Å². The molecule has 1 aliphatic rings. The first-order valence-corrected chi connectivity index (χ1v) is 9.07. The molecule has 8 heteroatoms. The normalized spacial score (nSPS) is 15.8. The van der Waals surface area contributed by atoms with Gasteiger partial charge in [0.1, 0.15) is 11.6 Å². The van der Waals surface area contributed by atoms with E-state index in [1.807, 2.05) is 26.0 Å². The molecule has 1 atom stereocenters. The molecule has 7 nitrogen and oxygen atoms in total. The molecule has 3 aromatic rings. The lowest BCUT2D eigenvalue weighted by atomic mass is 10.3. The first-order valence-electron chi connectivity index (χ1n) is 8.19. The second kappa shape index (κ2) is 6.43. The molecule has 0 aromatic carbocycles. The molecule has 126 valence electrons. The van der Waals surface area contributed by atoms with Gasteiger partial charge in [-0.1, -0.05) is 23.8 Å². The minimum atomic E-state index is 0.0180. The number of aromatic nitrogens is 5. The fourth-order valence-corrected chi connectivity index (χ4v) is 3.41. The maximum atomic E-state index is 5.50. The Bertz CT molecular complexity index is 806. The first-order chi connectivity index (χ1) is 11.7. The number of nitrogens with zero attached hydrogens (tertiary/aromatic N) is 5. The van der Waals surface area contributed by atoms with Gasteiger partial charge in [-0.2, -0.15) is 4.98 Å². The molecular weight excluding hydrogens is 326 g/mol. The van der Waals surface area contributed by atoms with Crippen molar-refractivity contribution in [3.05, 3.63) is 41.7 Å². The zero-order chi connectivity index (χ0) is 16.5. The summed E-state index contributed by atoms with van der Waals surface area (Å²) in [6.07, 6.45) is 4.82. The van der Waals surface area contributed by atoms with E-state index in [9.17, 15) is 0 Å². The lowest BCUT2D eigenvalue weighted by Crippen LogP contribution is -2.06. The Morgan fingerprint density at radius 1 is 1.38 bits per heavy atom. The van der Waals surface area contributed by atoms with Crippen LogP contribution in [0.3, 0.4) is 0 Å². The molecule has 3 aromatic heterocycles. The van der Waals surface area contributed by atoms with Gasteiger partial charge in [0.25, 0.3) is 0 Å². The molecule has 0 amide bonds. The van der Waals surface area contributed by atoms with Crippen LogP contribution in [0, 0.1) is 0 Å². The number of furan rings is 1. The van der Waals surface area contributed by atoms with Crippen LogP contribution in [0.25, 0.3) is 0 Å². The van der Waals surface area contributed by atoms with Crippen molar-refractivity contribution in [3.8, 4) is 0 Å². The van der Waals surface area contributed by atoms with Gasteiger partial charge in [0.05, 0.1) is 18.1 Å². The topological polar surface area (TPSA) is 82.8 Å². The zero-order valence-corrected chi connectivity index (χ0v) is 14.5. The van der Waals surface area contributed by atoms with E-state index in [4.69, 9.17) is 8.94 Å². The van der Waals surface area contributed by atoms with E-state index in [0.717, 1.165) is 29.0 Å². The van der Waals surface area contributed by atoms with Crippen molar-refractivity contribution in [1.29, 1.82) is 0 Å². The molecule has 1 aliphatic carbocycles. The number of aryl methyl sites for hydroxylation is 1. The van der Waals surface area contributed by atoms with E-state index in [0.29, 0.717) is 18.4 Å². The van der Waals surface area contributed by atoms with E-state index in [-0.39, 0.29) is 5.25 Å². The molecule has 0 radical (unpaired) electrons. The minimum Gasteiger partial charge on any atom is -0.467 e. The summed E-state index contributed by atoms with van der Waals surface area (Å²) in [5.41, 5.74) is 0. The standard InChI is InChI=1S/C16H19N5O2S/c1-3-13-17-15(23-20-13)10(2)24-16-19-18-14(11-6-7-11)21(16)9-12-5-4-8-22-12/h4-5,8,10-11H,3,6-7,9H2,1-2H3. The summed E-state index contributed by atoms with van der Waals surface area (Å²) in [6.45, 7) is 4.69. The van der Waals surface area contributed by atoms with Gasteiger partial charge >= 0.3 is 0 Å². The summed E-state index contributed by atoms with van der Waals surface area (Å²) in [5, 5.41) is 13.6. The predicted octanol–water partition coefficient (Wildman–Crippen LogP) is 3.60. The van der Waals surface area contributed by atoms with Gasteiger partial charge in [-0.3, -0.25) is 4.57 Å². The van der Waals surface area contributed by atoms with Crippen molar-refractivity contribution in [2.75, 3.05) is 0 Å². The summed E-state index contributed by atoms with van der Waals surface area (Å²) in [5.74, 6) is 3.82. The number of hydrogen-bond acceptors (Lipinski definition) is 7. The van der Waals surface area contributed by atoms with Crippen LogP contribution in [0.2, 0.25) is 0 Å². The first kappa shape index (κ1) is 15.4. The largest absolute Gasteiger partial charge is 0.467 e. The van der Waals surface area contributed by atoms with E-state index in [1.54, 1.807) is 18.0 Å². The van der Waals surface area contributed by atoms with Crippen LogP contribution in [0.4, 0.5) is 0 Å². The van der Waals surface area contributed by atoms with Gasteiger partial charge in [0.2, 0.25) is 5.89 Å². The highest BCUT2D eigenvalue weighted by Gasteiger charge is 2.31. The van der Waals surface area contributed by atoms with Crippen LogP contribution >= 0.6 is 11.8 Å². The lowest BCUT2D eigenvalue weighted by molar-refractivity contribution is 0.375. The SMILES string of the molecule is CCc1noc(C(C)Sc2nnc(C3CC3)n2Cc2ccco2)n1. The molecule has 3 heterocycles. The highest BCUT2D eigenvalue weighted by atomic mass is 32.2. The molecule has 0 spiro atoms. The molecule has 0 aliphatic heterocycles. The van der Waals surface area contributed by atoms with Crippen molar-refractivity contribution in [2.24, 2.45) is 0 Å². The fourth-order valence-electron chi connectivity index (χ4n) is 2.52. The third-order valence-corrected chi connectivity index (χ3v) is 5.08. The Morgan fingerprint density at radius 3 is 2.92 bits per heavy atom. The van der Waals surface area contributed by atoms with Crippen LogP contribution < -0.4 is 0 Å². The monoisotopic (exact) mass is 345 g/mol. The Balaban J connectivity index is 1.57. The number of thioether (sulfide) groups is 1. The van der Waals surface area contributed by atoms with Crippen LogP contribution in [0.1, 0.15) is 61.2 Å². The molecular formula is C16H19N5O2S. The molecule has 1 fully saturated rings. The smallest absolute Gasteiger partial charge is 0.239 e. The van der Waals surface area contributed by atoms with Crippen LogP contribution in [-0.4, -0.2) is 24.9 Å². The molecule has 1 saturated carbocycles. The summed E-state index contributed by atoms with van der Waals surface area (Å²) < 4.78 is 13.0. The fraction of sp³-hybridized carbons (Fsp3) is 0.500. The van der Waals surface area contributed by atoms with Gasteiger partial charge in [0, 0.05) is 12.3 Å². The molecule has 0 N–H and O–H groups in total. The van der Waals surface area contributed by atoms with Crippen LogP contribution in [0.5, 0.6) is 0 Å². The summed E-state index contributed by atoms with van der Waals surface area (Å²) in [4.78, 5) is 4.41. The van der Waals surface area contributed by atoms with Crippen LogP contribution in [0.15, 0.2) is 32.5 Å². The van der Waals surface area contributed by atoms with Gasteiger partial charge in [-0.25, -0.2) is 0 Å². The van der Waals surface area contributed by atoms with E-state index in [2.05, 4.69) is 24.9 Å². The average Bonchev–Trinajstić information content (AvgIpc) is 3.02. The summed E-state index contributed by atoms with van der Waals surface area (Å²) in [6, 6.07) is 3.87. The Labute approximate surface area is 143 Å². The highest BCUT2D eigenvalue weighted by Crippen LogP contribution is 2.41. The molecule has 0 saturated heterocycles. The number of hydrogen-bond donors (Lipinski definition) is 0.